The number of hydrogen-bond acceptors (Lipinski definition) is 8. The van der Waals surface area contributed by atoms with E-state index in [9.17, 15) is 30.3 Å². The molecule has 0 radical (unpaired) electrons. The third-order valence-electron chi connectivity index (χ3n) is 12.4. The Morgan fingerprint density at radius 1 is 0.515 bits per heavy atom. The largest absolute Gasteiger partial charge is 0.394 e. The molecule has 0 aromatic rings. The van der Waals surface area contributed by atoms with Gasteiger partial charge in [-0.2, -0.15) is 0 Å². The van der Waals surface area contributed by atoms with Crippen LogP contribution >= 0.6 is 0 Å². The lowest BCUT2D eigenvalue weighted by molar-refractivity contribution is -0.302. The fourth-order valence-corrected chi connectivity index (χ4v) is 8.08. The normalized spacial score (nSPS) is 20.4. The molecular formula is C59H101NO8. The van der Waals surface area contributed by atoms with Crippen molar-refractivity contribution >= 4 is 5.91 Å². The quantitative estimate of drug-likeness (QED) is 0.0261. The van der Waals surface area contributed by atoms with Gasteiger partial charge in [-0.05, 0) is 77.0 Å². The van der Waals surface area contributed by atoms with Gasteiger partial charge in [0.1, 0.15) is 24.4 Å². The van der Waals surface area contributed by atoms with Gasteiger partial charge in [0.15, 0.2) is 6.29 Å². The third kappa shape index (κ3) is 37.0. The van der Waals surface area contributed by atoms with E-state index in [-0.39, 0.29) is 12.5 Å². The van der Waals surface area contributed by atoms with Crippen molar-refractivity contribution in [2.75, 3.05) is 13.2 Å². The van der Waals surface area contributed by atoms with Gasteiger partial charge in [-0.1, -0.05) is 227 Å². The number of unbranched alkanes of at least 4 members (excludes halogenated alkanes) is 21. The van der Waals surface area contributed by atoms with Crippen LogP contribution in [0.15, 0.2) is 97.2 Å². The Morgan fingerprint density at radius 2 is 0.912 bits per heavy atom. The lowest BCUT2D eigenvalue weighted by Crippen LogP contribution is -2.60. The second-order valence-corrected chi connectivity index (χ2v) is 18.6. The molecule has 0 aliphatic carbocycles. The Kier molecular flexibility index (Phi) is 44.3. The maximum atomic E-state index is 13.0. The molecule has 0 spiro atoms. The molecule has 1 rings (SSSR count). The van der Waals surface area contributed by atoms with E-state index in [0.29, 0.717) is 6.42 Å². The molecule has 6 N–H and O–H groups in total. The summed E-state index contributed by atoms with van der Waals surface area (Å²) in [4.78, 5) is 13.0. The summed E-state index contributed by atoms with van der Waals surface area (Å²) in [5, 5.41) is 54.1. The molecule has 1 amide bonds. The highest BCUT2D eigenvalue weighted by Gasteiger charge is 2.44. The van der Waals surface area contributed by atoms with Crippen LogP contribution in [0.4, 0.5) is 0 Å². The zero-order chi connectivity index (χ0) is 49.4. The zero-order valence-electron chi connectivity index (χ0n) is 43.1. The molecule has 1 aliphatic rings. The first-order valence-electron chi connectivity index (χ1n) is 27.5. The van der Waals surface area contributed by atoms with Crippen LogP contribution in [0.5, 0.6) is 0 Å². The molecule has 0 aromatic carbocycles. The molecular weight excluding hydrogens is 851 g/mol. The van der Waals surface area contributed by atoms with Gasteiger partial charge in [-0.25, -0.2) is 0 Å². The van der Waals surface area contributed by atoms with E-state index in [1.165, 1.54) is 109 Å². The van der Waals surface area contributed by atoms with E-state index in [1.54, 1.807) is 6.08 Å². The van der Waals surface area contributed by atoms with Gasteiger partial charge in [0.05, 0.1) is 25.4 Å². The molecule has 1 aliphatic heterocycles. The smallest absolute Gasteiger partial charge is 0.220 e. The van der Waals surface area contributed by atoms with Crippen molar-refractivity contribution in [1.82, 2.24) is 5.32 Å². The lowest BCUT2D eigenvalue weighted by Gasteiger charge is -2.40. The summed E-state index contributed by atoms with van der Waals surface area (Å²) in [5.74, 6) is -0.184. The van der Waals surface area contributed by atoms with E-state index in [1.807, 2.05) is 6.08 Å². The molecule has 9 heteroatoms. The van der Waals surface area contributed by atoms with Crippen LogP contribution < -0.4 is 5.32 Å². The maximum absolute atomic E-state index is 13.0. The predicted octanol–water partition coefficient (Wildman–Crippen LogP) is 13.2. The average Bonchev–Trinajstić information content (AvgIpc) is 3.34. The zero-order valence-corrected chi connectivity index (χ0v) is 43.1. The number of ether oxygens (including phenoxy) is 2. The number of amides is 1. The van der Waals surface area contributed by atoms with Crippen molar-refractivity contribution < 1.29 is 39.8 Å². The molecule has 1 saturated heterocycles. The molecule has 390 valence electrons. The summed E-state index contributed by atoms with van der Waals surface area (Å²) in [6, 6.07) is -0.806. The number of rotatable bonds is 45. The Bertz CT molecular complexity index is 1380. The number of aliphatic hydroxyl groups excluding tert-OH is 5. The molecule has 0 bridgehead atoms. The van der Waals surface area contributed by atoms with Crippen LogP contribution in [-0.2, 0) is 14.3 Å². The summed E-state index contributed by atoms with van der Waals surface area (Å²) in [6.07, 6.45) is 62.2. The molecule has 0 saturated carbocycles. The Balaban J connectivity index is 2.07. The topological polar surface area (TPSA) is 149 Å². The average molecular weight is 952 g/mol. The summed E-state index contributed by atoms with van der Waals surface area (Å²) in [6.45, 7) is 3.60. The Labute approximate surface area is 415 Å². The van der Waals surface area contributed by atoms with Gasteiger partial charge in [-0.15, -0.1) is 0 Å². The van der Waals surface area contributed by atoms with Crippen molar-refractivity contribution in [3.8, 4) is 0 Å². The molecule has 7 atom stereocenters. The summed E-state index contributed by atoms with van der Waals surface area (Å²) in [5.41, 5.74) is 0. The van der Waals surface area contributed by atoms with Gasteiger partial charge in [-0.3, -0.25) is 4.79 Å². The van der Waals surface area contributed by atoms with E-state index in [2.05, 4.69) is 104 Å². The van der Waals surface area contributed by atoms with Crippen LogP contribution in [0.3, 0.4) is 0 Å². The van der Waals surface area contributed by atoms with Crippen molar-refractivity contribution in [3.63, 3.8) is 0 Å². The molecule has 7 unspecified atom stereocenters. The van der Waals surface area contributed by atoms with Gasteiger partial charge < -0.3 is 40.3 Å². The van der Waals surface area contributed by atoms with Crippen molar-refractivity contribution in [1.29, 1.82) is 0 Å². The molecule has 68 heavy (non-hydrogen) atoms. The number of carbonyl (C=O) groups excluding carboxylic acids is 1. The first-order valence-corrected chi connectivity index (χ1v) is 27.5. The van der Waals surface area contributed by atoms with Crippen LogP contribution in [-0.4, -0.2) is 87.5 Å². The summed E-state index contributed by atoms with van der Waals surface area (Å²) >= 11 is 0. The van der Waals surface area contributed by atoms with Crippen LogP contribution in [0.25, 0.3) is 0 Å². The molecule has 9 nitrogen and oxygen atoms in total. The first kappa shape index (κ1) is 63.1. The highest BCUT2D eigenvalue weighted by Crippen LogP contribution is 2.23. The van der Waals surface area contributed by atoms with Crippen molar-refractivity contribution in [2.45, 2.75) is 256 Å². The van der Waals surface area contributed by atoms with Crippen LogP contribution in [0.1, 0.15) is 213 Å². The van der Waals surface area contributed by atoms with Gasteiger partial charge >= 0.3 is 0 Å². The fourth-order valence-electron chi connectivity index (χ4n) is 8.08. The predicted molar refractivity (Wildman–Crippen MR) is 285 cm³/mol. The minimum atomic E-state index is -1.57. The van der Waals surface area contributed by atoms with Crippen molar-refractivity contribution in [3.05, 3.63) is 97.2 Å². The number of aliphatic hydroxyl groups is 5. The highest BCUT2D eigenvalue weighted by atomic mass is 16.7. The van der Waals surface area contributed by atoms with Crippen LogP contribution in [0, 0.1) is 0 Å². The van der Waals surface area contributed by atoms with E-state index < -0.39 is 49.5 Å². The van der Waals surface area contributed by atoms with Crippen molar-refractivity contribution in [2.24, 2.45) is 0 Å². The second-order valence-electron chi connectivity index (χ2n) is 18.6. The third-order valence-corrected chi connectivity index (χ3v) is 12.4. The Hall–Kier alpha value is -2.89. The maximum Gasteiger partial charge on any atom is 0.220 e. The molecule has 1 fully saturated rings. The fraction of sp³-hybridized carbons (Fsp3) is 0.712. The molecule has 0 aromatic heterocycles. The lowest BCUT2D eigenvalue weighted by atomic mass is 9.99. The van der Waals surface area contributed by atoms with Gasteiger partial charge in [0, 0.05) is 6.42 Å². The first-order chi connectivity index (χ1) is 33.3. The second kappa shape index (κ2) is 47.8. The SMILES string of the molecule is CC/C=C\C/C=C\C/C=C\C/C=C\C/C=C\C/C=C\C/C=C\CCCCCCCCCCCCCCCCCC(=O)NC(COC1OC(CO)C(O)C(O)C1O)C(O)/C=C/CCCCCCCC. The number of nitrogens with one attached hydrogen (secondary N) is 1. The Morgan fingerprint density at radius 3 is 1.35 bits per heavy atom. The van der Waals surface area contributed by atoms with E-state index in [0.717, 1.165) is 83.5 Å². The summed E-state index contributed by atoms with van der Waals surface area (Å²) < 4.78 is 11.2. The van der Waals surface area contributed by atoms with E-state index in [4.69, 9.17) is 9.47 Å². The monoisotopic (exact) mass is 952 g/mol. The highest BCUT2D eigenvalue weighted by molar-refractivity contribution is 5.76. The van der Waals surface area contributed by atoms with Crippen LogP contribution in [0.2, 0.25) is 0 Å². The number of carbonyl (C=O) groups is 1. The molecule has 1 heterocycles. The minimum Gasteiger partial charge on any atom is -0.394 e. The number of allylic oxidation sites excluding steroid dienone is 15. The van der Waals surface area contributed by atoms with Gasteiger partial charge in [0.25, 0.3) is 0 Å². The van der Waals surface area contributed by atoms with E-state index >= 15 is 0 Å². The van der Waals surface area contributed by atoms with Gasteiger partial charge in [0.2, 0.25) is 5.91 Å². The summed E-state index contributed by atoms with van der Waals surface area (Å²) in [7, 11) is 0. The number of hydrogen-bond donors (Lipinski definition) is 6. The standard InChI is InChI=1S/C59H101NO8/c1-3-5-7-9-11-13-14-15-16-17-18-19-20-21-22-23-24-25-26-27-28-29-30-31-32-33-34-35-36-37-38-39-40-41-43-45-47-49-55(63)60-52(53(62)48-46-44-42-12-10-8-6-4-2)51-67-59-58(66)57(65)56(64)54(50-61)68-59/h5,7,11,13,15-16,18-19,21-22,24-25,27-28,46,48,52-54,56-59,61-62,64-66H,3-4,6,8-10,12,14,17,20,23,26,29-45,47,49-51H2,1-2H3,(H,60,63)/b7-5-,13-11-,16-15-,19-18-,22-21-,25-24-,28-27-,48-46+. The minimum absolute atomic E-state index is 0.184.